The number of carbonyl (C=O) groups excluding carboxylic acids is 5. The van der Waals surface area contributed by atoms with Crippen LogP contribution in [0.25, 0.3) is 0 Å². The van der Waals surface area contributed by atoms with Gasteiger partial charge in [0.25, 0.3) is 11.8 Å². The second-order valence-corrected chi connectivity index (χ2v) is 7.46. The molecule has 2 heterocycles. The Morgan fingerprint density at radius 1 is 1.10 bits per heavy atom. The standard InChI is InChI=1S/C21H26N4O5/c1-2-3-4-5-11-22-21(30)23-12-13-7-6-8-14-17(13)20(29)25(19(14)28)15-9-10-16(26)24-18(15)27/h6-8,15H,2-5,9-12H2,1H3,(H2,22,23,30)(H,24,26,27). The molecule has 160 valence electrons. The SMILES string of the molecule is CCCCCCNC(=O)NCc1cccc2c1C(=O)N(C1CCC(=O)NC1=O)C2=O. The van der Waals surface area contributed by atoms with Gasteiger partial charge in [0.1, 0.15) is 6.04 Å². The summed E-state index contributed by atoms with van der Waals surface area (Å²) in [5, 5.41) is 7.65. The molecule has 1 aromatic carbocycles. The van der Waals surface area contributed by atoms with Crippen molar-refractivity contribution in [3.05, 3.63) is 34.9 Å². The number of benzene rings is 1. The van der Waals surface area contributed by atoms with Crippen molar-refractivity contribution in [1.82, 2.24) is 20.9 Å². The zero-order chi connectivity index (χ0) is 21.7. The summed E-state index contributed by atoms with van der Waals surface area (Å²) >= 11 is 0. The van der Waals surface area contributed by atoms with E-state index in [1.54, 1.807) is 12.1 Å². The quantitative estimate of drug-likeness (QED) is 0.439. The number of hydrogen-bond acceptors (Lipinski definition) is 5. The van der Waals surface area contributed by atoms with Gasteiger partial charge in [-0.15, -0.1) is 0 Å². The van der Waals surface area contributed by atoms with Crippen LogP contribution in [0, 0.1) is 0 Å². The number of carbonyl (C=O) groups is 5. The zero-order valence-corrected chi connectivity index (χ0v) is 17.0. The number of piperidine rings is 1. The lowest BCUT2D eigenvalue weighted by Crippen LogP contribution is -2.54. The van der Waals surface area contributed by atoms with Gasteiger partial charge >= 0.3 is 6.03 Å². The lowest BCUT2D eigenvalue weighted by atomic mass is 10.0. The monoisotopic (exact) mass is 414 g/mol. The molecule has 3 rings (SSSR count). The molecule has 1 fully saturated rings. The van der Waals surface area contributed by atoms with Gasteiger partial charge in [-0.3, -0.25) is 29.4 Å². The van der Waals surface area contributed by atoms with Crippen molar-refractivity contribution < 1.29 is 24.0 Å². The summed E-state index contributed by atoms with van der Waals surface area (Å²) in [4.78, 5) is 62.2. The Morgan fingerprint density at radius 3 is 2.63 bits per heavy atom. The molecule has 1 aromatic rings. The lowest BCUT2D eigenvalue weighted by molar-refractivity contribution is -0.136. The maximum atomic E-state index is 13.0. The Bertz CT molecular complexity index is 882. The predicted molar refractivity (Wildman–Crippen MR) is 107 cm³/mol. The number of nitrogens with one attached hydrogen (secondary N) is 3. The molecule has 1 atom stereocenters. The van der Waals surface area contributed by atoms with E-state index in [9.17, 15) is 24.0 Å². The summed E-state index contributed by atoms with van der Waals surface area (Å²) in [5.74, 6) is -2.21. The molecule has 0 radical (unpaired) electrons. The van der Waals surface area contributed by atoms with Crippen molar-refractivity contribution in [2.24, 2.45) is 0 Å². The van der Waals surface area contributed by atoms with E-state index in [2.05, 4.69) is 22.9 Å². The van der Waals surface area contributed by atoms with Crippen LogP contribution < -0.4 is 16.0 Å². The first-order valence-corrected chi connectivity index (χ1v) is 10.3. The van der Waals surface area contributed by atoms with E-state index < -0.39 is 29.7 Å². The average Bonchev–Trinajstić information content (AvgIpc) is 2.97. The van der Waals surface area contributed by atoms with Crippen LogP contribution in [0.4, 0.5) is 4.79 Å². The third-order valence-corrected chi connectivity index (χ3v) is 5.31. The molecule has 2 aliphatic rings. The van der Waals surface area contributed by atoms with E-state index >= 15 is 0 Å². The van der Waals surface area contributed by atoms with Gasteiger partial charge in [0.05, 0.1) is 11.1 Å². The van der Waals surface area contributed by atoms with Crippen molar-refractivity contribution >= 4 is 29.7 Å². The normalized spacial score (nSPS) is 18.3. The summed E-state index contributed by atoms with van der Waals surface area (Å²) in [7, 11) is 0. The minimum absolute atomic E-state index is 0.0661. The van der Waals surface area contributed by atoms with E-state index in [1.807, 2.05) is 0 Å². The fraction of sp³-hybridized carbons (Fsp3) is 0.476. The van der Waals surface area contributed by atoms with Gasteiger partial charge in [0.2, 0.25) is 11.8 Å². The van der Waals surface area contributed by atoms with Crippen LogP contribution in [0.5, 0.6) is 0 Å². The first-order valence-electron chi connectivity index (χ1n) is 10.3. The Morgan fingerprint density at radius 2 is 1.90 bits per heavy atom. The first kappa shape index (κ1) is 21.5. The number of nitrogens with zero attached hydrogens (tertiary/aromatic N) is 1. The summed E-state index contributed by atoms with van der Waals surface area (Å²) in [6.45, 7) is 2.76. The van der Waals surface area contributed by atoms with Gasteiger partial charge < -0.3 is 10.6 Å². The second kappa shape index (κ2) is 9.51. The summed E-state index contributed by atoms with van der Waals surface area (Å²) in [6.07, 6.45) is 4.36. The Hall–Kier alpha value is -3.23. The van der Waals surface area contributed by atoms with Gasteiger partial charge in [-0.2, -0.15) is 0 Å². The fourth-order valence-electron chi connectivity index (χ4n) is 3.72. The number of unbranched alkanes of at least 4 members (excludes halogenated alkanes) is 3. The lowest BCUT2D eigenvalue weighted by Gasteiger charge is -2.27. The zero-order valence-electron chi connectivity index (χ0n) is 17.0. The van der Waals surface area contributed by atoms with E-state index in [0.717, 1.165) is 30.6 Å². The second-order valence-electron chi connectivity index (χ2n) is 7.46. The Balaban J connectivity index is 1.66. The van der Waals surface area contributed by atoms with Crippen LogP contribution in [0.3, 0.4) is 0 Å². The van der Waals surface area contributed by atoms with E-state index in [0.29, 0.717) is 12.1 Å². The summed E-state index contributed by atoms with van der Waals surface area (Å²) in [5.41, 5.74) is 0.890. The molecule has 0 spiro atoms. The molecule has 9 nitrogen and oxygen atoms in total. The molecule has 0 bridgehead atoms. The van der Waals surface area contributed by atoms with Crippen LogP contribution in [-0.2, 0) is 16.1 Å². The molecule has 1 unspecified atom stereocenters. The van der Waals surface area contributed by atoms with Gasteiger partial charge in [-0.05, 0) is 24.5 Å². The van der Waals surface area contributed by atoms with Crippen LogP contribution in [0.2, 0.25) is 0 Å². The van der Waals surface area contributed by atoms with Crippen molar-refractivity contribution in [2.45, 2.75) is 58.0 Å². The summed E-state index contributed by atoms with van der Waals surface area (Å²) in [6, 6.07) is 3.47. The van der Waals surface area contributed by atoms with Crippen molar-refractivity contribution in [3.8, 4) is 0 Å². The van der Waals surface area contributed by atoms with E-state index in [1.165, 1.54) is 6.07 Å². The molecule has 0 saturated carbocycles. The maximum Gasteiger partial charge on any atom is 0.315 e. The topological polar surface area (TPSA) is 125 Å². The largest absolute Gasteiger partial charge is 0.338 e. The molecular weight excluding hydrogens is 388 g/mol. The number of urea groups is 1. The van der Waals surface area contributed by atoms with Crippen molar-refractivity contribution in [1.29, 1.82) is 0 Å². The molecular formula is C21H26N4O5. The molecule has 9 heteroatoms. The fourth-order valence-corrected chi connectivity index (χ4v) is 3.72. The Labute approximate surface area is 174 Å². The third-order valence-electron chi connectivity index (χ3n) is 5.31. The smallest absolute Gasteiger partial charge is 0.315 e. The van der Waals surface area contributed by atoms with Crippen LogP contribution in [0.15, 0.2) is 18.2 Å². The van der Waals surface area contributed by atoms with E-state index in [4.69, 9.17) is 0 Å². The number of rotatable bonds is 8. The third kappa shape index (κ3) is 4.50. The predicted octanol–water partition coefficient (Wildman–Crippen LogP) is 1.47. The molecule has 1 saturated heterocycles. The first-order chi connectivity index (χ1) is 14.4. The highest BCUT2D eigenvalue weighted by atomic mass is 16.2. The van der Waals surface area contributed by atoms with Crippen LogP contribution in [0.1, 0.15) is 71.7 Å². The van der Waals surface area contributed by atoms with Crippen LogP contribution in [-0.4, -0.2) is 47.1 Å². The minimum Gasteiger partial charge on any atom is -0.338 e. The highest BCUT2D eigenvalue weighted by Crippen LogP contribution is 2.29. The van der Waals surface area contributed by atoms with Crippen molar-refractivity contribution in [3.63, 3.8) is 0 Å². The molecule has 3 N–H and O–H groups in total. The highest BCUT2D eigenvalue weighted by Gasteiger charge is 2.45. The highest BCUT2D eigenvalue weighted by molar-refractivity contribution is 6.24. The van der Waals surface area contributed by atoms with Crippen molar-refractivity contribution in [2.75, 3.05) is 6.54 Å². The molecule has 30 heavy (non-hydrogen) atoms. The minimum atomic E-state index is -1.01. The number of hydrogen-bond donors (Lipinski definition) is 3. The van der Waals surface area contributed by atoms with Crippen LogP contribution >= 0.6 is 0 Å². The van der Waals surface area contributed by atoms with Gasteiger partial charge in [-0.25, -0.2) is 4.79 Å². The van der Waals surface area contributed by atoms with Gasteiger partial charge in [0, 0.05) is 19.5 Å². The Kier molecular flexibility index (Phi) is 6.81. The number of amides is 6. The van der Waals surface area contributed by atoms with Gasteiger partial charge in [-0.1, -0.05) is 38.3 Å². The maximum absolute atomic E-state index is 13.0. The molecule has 0 aromatic heterocycles. The van der Waals surface area contributed by atoms with E-state index in [-0.39, 0.29) is 36.5 Å². The molecule has 6 amide bonds. The number of fused-ring (bicyclic) bond motifs is 1. The summed E-state index contributed by atoms with van der Waals surface area (Å²) < 4.78 is 0. The van der Waals surface area contributed by atoms with Gasteiger partial charge in [0.15, 0.2) is 0 Å². The number of imide groups is 2. The molecule has 0 aliphatic carbocycles. The average molecular weight is 414 g/mol. The molecule has 2 aliphatic heterocycles.